The number of H-pyrrole nitrogens is 1. The van der Waals surface area contributed by atoms with Crippen molar-refractivity contribution in [3.63, 3.8) is 0 Å². The summed E-state index contributed by atoms with van der Waals surface area (Å²) in [6.45, 7) is 21.1. The van der Waals surface area contributed by atoms with E-state index in [9.17, 15) is 48.3 Å². The van der Waals surface area contributed by atoms with Crippen molar-refractivity contribution in [1.29, 1.82) is 0 Å². The molecule has 1 aromatic rings. The number of aromatic amines is 1. The zero-order chi connectivity index (χ0) is 55.0. The molecule has 8 amide bonds. The number of aromatic nitrogens is 2. The molecule has 72 heavy (non-hydrogen) atoms. The van der Waals surface area contributed by atoms with Crippen molar-refractivity contribution < 1.29 is 48.3 Å². The number of aliphatic carboxylic acids is 1. The van der Waals surface area contributed by atoms with Crippen molar-refractivity contribution in [3.8, 4) is 0 Å². The monoisotopic (exact) mass is 1020 g/mol. The highest BCUT2D eigenvalue weighted by Gasteiger charge is 2.35. The van der Waals surface area contributed by atoms with Crippen LogP contribution in [-0.4, -0.2) is 136 Å². The molecule has 0 aromatic carbocycles. The molecule has 24 heteroatoms. The van der Waals surface area contributed by atoms with Gasteiger partial charge < -0.3 is 69.8 Å². The van der Waals surface area contributed by atoms with E-state index in [2.05, 4.69) is 57.5 Å². The van der Waals surface area contributed by atoms with Crippen molar-refractivity contribution >= 4 is 59.2 Å². The van der Waals surface area contributed by atoms with E-state index >= 15 is 0 Å². The number of hydrogen-bond donors (Lipinski definition) is 13. The third-order valence-corrected chi connectivity index (χ3v) is 11.2. The third kappa shape index (κ3) is 24.7. The number of carboxylic acid groups (broad SMARTS) is 1. The molecule has 0 bridgehead atoms. The van der Waals surface area contributed by atoms with Crippen LogP contribution >= 0.6 is 0 Å². The molecule has 0 unspecified atom stereocenters. The second-order valence-electron chi connectivity index (χ2n) is 20.7. The van der Waals surface area contributed by atoms with E-state index < -0.39 is 114 Å². The molecule has 0 aliphatic rings. The first kappa shape index (κ1) is 63.7. The van der Waals surface area contributed by atoms with Crippen LogP contribution in [0.2, 0.25) is 0 Å². The third-order valence-electron chi connectivity index (χ3n) is 11.2. The Kier molecular flexibility index (Phi) is 28.2. The molecule has 8 atom stereocenters. The maximum atomic E-state index is 14.0. The van der Waals surface area contributed by atoms with E-state index in [1.165, 1.54) is 12.5 Å². The average molecular weight is 1020 g/mol. The topological polar surface area (TPSA) is 389 Å². The molecular weight excluding hydrogens is 933 g/mol. The summed E-state index contributed by atoms with van der Waals surface area (Å²) in [4.78, 5) is 132. The van der Waals surface area contributed by atoms with Gasteiger partial charge in [-0.2, -0.15) is 0 Å². The number of guanidine groups is 1. The zero-order valence-electron chi connectivity index (χ0n) is 44.3. The smallest absolute Gasteiger partial charge is 0.326 e. The fourth-order valence-corrected chi connectivity index (χ4v) is 7.37. The van der Waals surface area contributed by atoms with Gasteiger partial charge in [0.25, 0.3) is 0 Å². The van der Waals surface area contributed by atoms with Gasteiger partial charge >= 0.3 is 5.97 Å². The Balaban J connectivity index is 3.28. The second kappa shape index (κ2) is 31.9. The zero-order valence-corrected chi connectivity index (χ0v) is 44.3. The first-order chi connectivity index (χ1) is 33.5. The molecule has 0 radical (unpaired) electrons. The number of nitrogens with two attached hydrogens (primary N) is 3. The lowest BCUT2D eigenvalue weighted by Gasteiger charge is -2.29. The summed E-state index contributed by atoms with van der Waals surface area (Å²) in [6, 6.07) is -9.15. The van der Waals surface area contributed by atoms with Gasteiger partial charge in [-0.1, -0.05) is 83.1 Å². The van der Waals surface area contributed by atoms with Crippen molar-refractivity contribution in [2.75, 3.05) is 13.1 Å². The van der Waals surface area contributed by atoms with Crippen LogP contribution in [0.1, 0.15) is 127 Å². The van der Waals surface area contributed by atoms with E-state index in [-0.39, 0.29) is 80.6 Å². The van der Waals surface area contributed by atoms with Crippen LogP contribution < -0.4 is 59.7 Å². The minimum atomic E-state index is -1.28. The standard InChI is InChI=1S/C48H86N14O10/c1-24(2)16-32(40(64)54-22-37(63)56-35(20-30-21-52-23-55-30)44(68)59-33(17-25(3)4)43(67)61-36(47(71)72)19-27(7)8)58-42(66)34(18-26(5)6)60-46(70)39(29(11)12)62-41(65)31(14-13-15-53-48(50)51)57-45(69)38(49)28(9)10/h21,23-29,31-36,38-39H,13-20,22,49H2,1-12H3,(H,52,55)(H,54,64)(H,56,63)(H,57,69)(H,58,66)(H,59,68)(H,60,70)(H,61,67)(H,62,65)(H,71,72)(H4,50,51,53)/t31-,32-,33-,34-,35-,36-,38-,39-/m0/s1. The lowest BCUT2D eigenvalue weighted by molar-refractivity contribution is -0.143. The average Bonchev–Trinajstić information content (AvgIpc) is 3.79. The van der Waals surface area contributed by atoms with Gasteiger partial charge in [0.2, 0.25) is 47.3 Å². The number of carbonyl (C=O) groups excluding carboxylic acids is 8. The van der Waals surface area contributed by atoms with Gasteiger partial charge in [0, 0.05) is 24.9 Å². The van der Waals surface area contributed by atoms with Crippen LogP contribution in [-0.2, 0) is 49.6 Å². The molecule has 16 N–H and O–H groups in total. The predicted octanol–water partition coefficient (Wildman–Crippen LogP) is -0.576. The summed E-state index contributed by atoms with van der Waals surface area (Å²) in [5.74, 6) is -8.05. The molecule has 0 aliphatic carbocycles. The summed E-state index contributed by atoms with van der Waals surface area (Å²) in [7, 11) is 0. The number of nitrogens with zero attached hydrogens (tertiary/aromatic N) is 2. The van der Waals surface area contributed by atoms with Gasteiger partial charge in [0.05, 0.1) is 18.9 Å². The quantitative estimate of drug-likeness (QED) is 0.0238. The van der Waals surface area contributed by atoms with Crippen molar-refractivity contribution in [1.82, 2.24) is 52.5 Å². The van der Waals surface area contributed by atoms with Crippen molar-refractivity contribution in [3.05, 3.63) is 18.2 Å². The fourth-order valence-electron chi connectivity index (χ4n) is 7.37. The molecule has 24 nitrogen and oxygen atoms in total. The van der Waals surface area contributed by atoms with E-state index in [0.717, 1.165) is 0 Å². The van der Waals surface area contributed by atoms with Gasteiger partial charge in [-0.15, -0.1) is 0 Å². The minimum absolute atomic E-state index is 0.0461. The van der Waals surface area contributed by atoms with Crippen molar-refractivity contribution in [2.24, 2.45) is 57.7 Å². The van der Waals surface area contributed by atoms with Crippen LogP contribution in [0.5, 0.6) is 0 Å². The van der Waals surface area contributed by atoms with Gasteiger partial charge in [0.15, 0.2) is 5.96 Å². The summed E-state index contributed by atoms with van der Waals surface area (Å²) >= 11 is 0. The number of nitrogens with one attached hydrogen (secondary N) is 9. The van der Waals surface area contributed by atoms with E-state index in [0.29, 0.717) is 12.1 Å². The number of carboxylic acids is 1. The molecule has 0 fully saturated rings. The number of aliphatic imine (C=N–C) groups is 1. The van der Waals surface area contributed by atoms with Crippen LogP contribution in [0.15, 0.2) is 17.5 Å². The first-order valence-electron chi connectivity index (χ1n) is 24.9. The summed E-state index contributed by atoms with van der Waals surface area (Å²) in [5, 5.41) is 31.0. The number of rotatable bonds is 33. The van der Waals surface area contributed by atoms with Crippen LogP contribution in [0, 0.1) is 35.5 Å². The molecule has 1 aromatic heterocycles. The SMILES string of the molecule is CC(C)C[C@H](NC(=O)[C@H](CC(C)C)NC(=O)[C@H](Cc1cnc[nH]1)NC(=O)CNC(=O)[C@H](CC(C)C)NC(=O)[C@H](CC(C)C)NC(=O)[C@@H](NC(=O)[C@H](CCCN=C(N)N)NC(=O)[C@@H](N)C(C)C)C(C)C)C(=O)O. The Morgan fingerprint density at radius 3 is 1.46 bits per heavy atom. The Morgan fingerprint density at radius 1 is 0.569 bits per heavy atom. The highest BCUT2D eigenvalue weighted by atomic mass is 16.4. The Morgan fingerprint density at radius 2 is 1.01 bits per heavy atom. The highest BCUT2D eigenvalue weighted by molar-refractivity contribution is 5.97. The Bertz CT molecular complexity index is 1950. The maximum absolute atomic E-state index is 14.0. The summed E-state index contributed by atoms with van der Waals surface area (Å²) < 4.78 is 0. The van der Waals surface area contributed by atoms with E-state index in [1.807, 2.05) is 55.4 Å². The molecule has 0 saturated heterocycles. The predicted molar refractivity (Wildman–Crippen MR) is 272 cm³/mol. The molecular formula is C48H86N14O10. The molecule has 0 spiro atoms. The molecule has 408 valence electrons. The van der Waals surface area contributed by atoms with Crippen molar-refractivity contribution in [2.45, 2.75) is 176 Å². The normalized spacial score (nSPS) is 14.8. The fraction of sp³-hybridized carbons (Fsp3) is 0.729. The molecule has 1 heterocycles. The number of hydrogen-bond acceptors (Lipinski definition) is 12. The number of carbonyl (C=O) groups is 9. The van der Waals surface area contributed by atoms with Gasteiger partial charge in [-0.25, -0.2) is 9.78 Å². The van der Waals surface area contributed by atoms with Gasteiger partial charge in [-0.3, -0.25) is 43.3 Å². The van der Waals surface area contributed by atoms with E-state index in [4.69, 9.17) is 17.2 Å². The van der Waals surface area contributed by atoms with Gasteiger partial charge in [-0.05, 0) is 74.0 Å². The number of amides is 8. The number of imidazole rings is 1. The Labute approximate surface area is 424 Å². The summed E-state index contributed by atoms with van der Waals surface area (Å²) in [5.41, 5.74) is 17.4. The van der Waals surface area contributed by atoms with Crippen LogP contribution in [0.4, 0.5) is 0 Å². The maximum Gasteiger partial charge on any atom is 0.326 e. The first-order valence-corrected chi connectivity index (χ1v) is 24.9. The lowest BCUT2D eigenvalue weighted by atomic mass is 9.98. The van der Waals surface area contributed by atoms with Crippen LogP contribution in [0.25, 0.3) is 0 Å². The lowest BCUT2D eigenvalue weighted by Crippen LogP contribution is -2.60. The second-order valence-corrected chi connectivity index (χ2v) is 20.7. The molecule has 0 saturated carbocycles. The minimum Gasteiger partial charge on any atom is -0.480 e. The largest absolute Gasteiger partial charge is 0.480 e. The van der Waals surface area contributed by atoms with Crippen LogP contribution in [0.3, 0.4) is 0 Å². The van der Waals surface area contributed by atoms with Gasteiger partial charge in [0.1, 0.15) is 42.3 Å². The molecule has 1 rings (SSSR count). The summed E-state index contributed by atoms with van der Waals surface area (Å²) in [6.07, 6.45) is 3.76. The Hall–Kier alpha value is -6.33. The molecule has 0 aliphatic heterocycles. The highest BCUT2D eigenvalue weighted by Crippen LogP contribution is 2.13. The van der Waals surface area contributed by atoms with E-state index in [1.54, 1.807) is 27.7 Å².